The Hall–Kier alpha value is -3.56. The second-order valence-electron chi connectivity index (χ2n) is 9.30. The molecule has 2 N–H and O–H groups in total. The summed E-state index contributed by atoms with van der Waals surface area (Å²) in [5, 5.41) is 6.96. The fourth-order valence-corrected chi connectivity index (χ4v) is 5.01. The molecule has 3 heterocycles. The summed E-state index contributed by atoms with van der Waals surface area (Å²) in [7, 11) is 0. The number of carbonyl (C=O) groups is 2. The van der Waals surface area contributed by atoms with Gasteiger partial charge in [-0.15, -0.1) is 11.3 Å². The van der Waals surface area contributed by atoms with Gasteiger partial charge in [0.05, 0.1) is 5.69 Å². The van der Waals surface area contributed by atoms with E-state index in [-0.39, 0.29) is 11.8 Å². The number of rotatable bonds is 8. The minimum atomic E-state index is -0.255. The number of aromatic nitrogens is 2. The first-order valence-electron chi connectivity index (χ1n) is 12.2. The Morgan fingerprint density at radius 2 is 1.97 bits per heavy atom. The predicted molar refractivity (Wildman–Crippen MR) is 143 cm³/mol. The maximum absolute atomic E-state index is 12.4. The molecule has 2 amide bonds. The van der Waals surface area contributed by atoms with Gasteiger partial charge in [0.1, 0.15) is 5.82 Å². The minimum Gasteiger partial charge on any atom is -0.340 e. The van der Waals surface area contributed by atoms with Crippen LogP contribution in [0.4, 0.5) is 16.6 Å². The number of pyridine rings is 1. The molecular formula is C27H30N6O2S. The van der Waals surface area contributed by atoms with Crippen molar-refractivity contribution in [3.63, 3.8) is 0 Å². The molecule has 2 fully saturated rings. The van der Waals surface area contributed by atoms with Crippen LogP contribution in [0.25, 0.3) is 11.3 Å². The highest BCUT2D eigenvalue weighted by molar-refractivity contribution is 7.15. The van der Waals surface area contributed by atoms with Crippen molar-refractivity contribution < 1.29 is 9.59 Å². The Balaban J connectivity index is 1.37. The van der Waals surface area contributed by atoms with Crippen LogP contribution in [0.15, 0.2) is 55.3 Å². The Labute approximate surface area is 215 Å². The average Bonchev–Trinajstić information content (AvgIpc) is 3.66. The van der Waals surface area contributed by atoms with Crippen molar-refractivity contribution in [3.05, 3.63) is 65.7 Å². The molecule has 3 aromatic rings. The molecule has 1 saturated heterocycles. The van der Waals surface area contributed by atoms with Crippen LogP contribution in [-0.2, 0) is 16.1 Å². The van der Waals surface area contributed by atoms with Crippen LogP contribution in [-0.4, -0.2) is 57.8 Å². The van der Waals surface area contributed by atoms with E-state index >= 15 is 0 Å². The lowest BCUT2D eigenvalue weighted by Gasteiger charge is -2.35. The quantitative estimate of drug-likeness (QED) is 0.443. The highest BCUT2D eigenvalue weighted by Gasteiger charge is 2.34. The van der Waals surface area contributed by atoms with Crippen LogP contribution in [0.2, 0.25) is 0 Å². The Morgan fingerprint density at radius 1 is 1.17 bits per heavy atom. The number of aryl methyl sites for hydroxylation is 1. The molecular weight excluding hydrogens is 472 g/mol. The summed E-state index contributed by atoms with van der Waals surface area (Å²) >= 11 is 1.58. The Bertz CT molecular complexity index is 1280. The number of anilines is 3. The summed E-state index contributed by atoms with van der Waals surface area (Å²) in [6, 6.07) is 11.8. The number of benzene rings is 1. The molecule has 1 aliphatic carbocycles. The van der Waals surface area contributed by atoms with Gasteiger partial charge in [0.15, 0.2) is 5.13 Å². The summed E-state index contributed by atoms with van der Waals surface area (Å²) in [4.78, 5) is 39.0. The van der Waals surface area contributed by atoms with Gasteiger partial charge in [-0.3, -0.25) is 14.5 Å². The van der Waals surface area contributed by atoms with E-state index in [1.54, 1.807) is 11.3 Å². The van der Waals surface area contributed by atoms with Gasteiger partial charge in [0.2, 0.25) is 11.8 Å². The lowest BCUT2D eigenvalue weighted by atomic mass is 10.1. The Kier molecular flexibility index (Phi) is 7.11. The van der Waals surface area contributed by atoms with Crippen molar-refractivity contribution in [2.45, 2.75) is 26.3 Å². The molecule has 0 unspecified atom stereocenters. The van der Waals surface area contributed by atoms with E-state index in [9.17, 15) is 9.59 Å². The zero-order valence-electron chi connectivity index (χ0n) is 20.4. The summed E-state index contributed by atoms with van der Waals surface area (Å²) in [5.74, 6) is 1.07. The van der Waals surface area contributed by atoms with Crippen LogP contribution in [0.3, 0.4) is 0 Å². The van der Waals surface area contributed by atoms with E-state index in [0.29, 0.717) is 11.6 Å². The second kappa shape index (κ2) is 10.6. The second-order valence-corrected chi connectivity index (χ2v) is 10.5. The molecule has 1 aromatic carbocycles. The molecule has 0 radical (unpaired) electrons. The van der Waals surface area contributed by atoms with Crippen LogP contribution in [0, 0.1) is 12.8 Å². The van der Waals surface area contributed by atoms with E-state index in [1.807, 2.05) is 42.3 Å². The monoisotopic (exact) mass is 502 g/mol. The maximum Gasteiger partial charge on any atom is 0.247 e. The van der Waals surface area contributed by atoms with Crippen LogP contribution >= 0.6 is 11.3 Å². The minimum absolute atomic E-state index is 0.255. The van der Waals surface area contributed by atoms with E-state index in [0.717, 1.165) is 78.2 Å². The van der Waals surface area contributed by atoms with Crippen molar-refractivity contribution in [2.75, 3.05) is 36.8 Å². The fraction of sp³-hybridized carbons (Fsp3) is 0.333. The van der Waals surface area contributed by atoms with Gasteiger partial charge in [0.25, 0.3) is 0 Å². The van der Waals surface area contributed by atoms with Gasteiger partial charge in [-0.25, -0.2) is 9.97 Å². The number of nitrogens with zero attached hydrogens (tertiary/aromatic N) is 4. The highest BCUT2D eigenvalue weighted by Crippen LogP contribution is 2.32. The van der Waals surface area contributed by atoms with Crippen LogP contribution in [0.5, 0.6) is 0 Å². The summed E-state index contributed by atoms with van der Waals surface area (Å²) in [6.07, 6.45) is 5.19. The zero-order valence-corrected chi connectivity index (χ0v) is 21.2. The first kappa shape index (κ1) is 24.1. The first-order chi connectivity index (χ1) is 17.5. The van der Waals surface area contributed by atoms with Crippen molar-refractivity contribution in [1.29, 1.82) is 0 Å². The van der Waals surface area contributed by atoms with Gasteiger partial charge in [-0.2, -0.15) is 0 Å². The SMILES string of the molecule is C=CC(=O)Nc1cccc(-c2cc(CN3CCN(C(=O)C4CC4)CC3)cc(Nc3ncc(C)s3)n2)c1. The lowest BCUT2D eigenvalue weighted by Crippen LogP contribution is -2.48. The molecule has 186 valence electrons. The van der Waals surface area contributed by atoms with Crippen molar-refractivity contribution in [3.8, 4) is 11.3 Å². The van der Waals surface area contributed by atoms with E-state index < -0.39 is 0 Å². The molecule has 0 atom stereocenters. The van der Waals surface area contributed by atoms with Crippen molar-refractivity contribution in [1.82, 2.24) is 19.8 Å². The molecule has 8 nitrogen and oxygen atoms in total. The third-order valence-electron chi connectivity index (χ3n) is 6.37. The highest BCUT2D eigenvalue weighted by atomic mass is 32.1. The number of amides is 2. The van der Waals surface area contributed by atoms with Gasteiger partial charge < -0.3 is 15.5 Å². The molecule has 2 aliphatic rings. The number of piperazine rings is 1. The first-order valence-corrected chi connectivity index (χ1v) is 13.0. The van der Waals surface area contributed by atoms with Crippen molar-refractivity contribution >= 4 is 39.8 Å². The average molecular weight is 503 g/mol. The summed E-state index contributed by atoms with van der Waals surface area (Å²) in [5.41, 5.74) is 3.52. The molecule has 5 rings (SSSR count). The van der Waals surface area contributed by atoms with Gasteiger partial charge in [0, 0.05) is 61.0 Å². The van der Waals surface area contributed by atoms with Crippen LogP contribution in [0.1, 0.15) is 23.3 Å². The number of carbonyl (C=O) groups excluding carboxylic acids is 2. The largest absolute Gasteiger partial charge is 0.340 e. The standard InChI is InChI=1S/C27H30N6O2S/c1-3-25(34)29-22-6-4-5-21(15-22)23-13-19(14-24(30-23)31-27-28-16-18(2)36-27)17-32-9-11-33(12-10-32)26(35)20-7-8-20/h3-6,13-16,20H,1,7-12,17H2,2H3,(H,29,34)(H,28,30,31). The van der Waals surface area contributed by atoms with Gasteiger partial charge in [-0.05, 0) is 55.7 Å². The van der Waals surface area contributed by atoms with Crippen molar-refractivity contribution in [2.24, 2.45) is 5.92 Å². The Morgan fingerprint density at radius 3 is 2.67 bits per heavy atom. The van der Waals surface area contributed by atoms with E-state index in [4.69, 9.17) is 4.98 Å². The molecule has 1 aliphatic heterocycles. The molecule has 2 aromatic heterocycles. The van der Waals surface area contributed by atoms with Gasteiger partial charge >= 0.3 is 0 Å². The normalized spacial score (nSPS) is 16.0. The molecule has 1 saturated carbocycles. The van der Waals surface area contributed by atoms with E-state index in [2.05, 4.69) is 39.2 Å². The summed E-state index contributed by atoms with van der Waals surface area (Å²) in [6.45, 7) is 9.57. The number of nitrogens with one attached hydrogen (secondary N) is 2. The van der Waals surface area contributed by atoms with E-state index in [1.165, 1.54) is 6.08 Å². The topological polar surface area (TPSA) is 90.5 Å². The zero-order chi connectivity index (χ0) is 25.1. The molecule has 0 spiro atoms. The number of thiazole rings is 1. The fourth-order valence-electron chi connectivity index (χ4n) is 4.34. The van der Waals surface area contributed by atoms with Gasteiger partial charge in [-0.1, -0.05) is 18.7 Å². The molecule has 9 heteroatoms. The predicted octanol–water partition coefficient (Wildman–Crippen LogP) is 4.44. The summed E-state index contributed by atoms with van der Waals surface area (Å²) < 4.78 is 0. The lowest BCUT2D eigenvalue weighted by molar-refractivity contribution is -0.134. The molecule has 36 heavy (non-hydrogen) atoms. The molecule has 0 bridgehead atoms. The smallest absolute Gasteiger partial charge is 0.247 e. The maximum atomic E-state index is 12.4. The number of hydrogen-bond acceptors (Lipinski definition) is 7. The number of hydrogen-bond donors (Lipinski definition) is 2. The third-order valence-corrected chi connectivity index (χ3v) is 7.20. The van der Waals surface area contributed by atoms with Crippen LogP contribution < -0.4 is 10.6 Å². The third kappa shape index (κ3) is 5.98.